The molecule has 3 unspecified atom stereocenters. The SMILES string of the molecule is O=C(NS(=O)(=O)C1CC1)c1ccc(N2CC3CC2CC3OC(=O)c2c(-c3c(Cl)cccc3Cl)noc2C2CC2)cc1. The number of benzene rings is 2. The summed E-state index contributed by atoms with van der Waals surface area (Å²) < 4.78 is 38.1. The predicted molar refractivity (Wildman–Crippen MR) is 153 cm³/mol. The second-order valence-electron chi connectivity index (χ2n) is 11.3. The van der Waals surface area contributed by atoms with E-state index in [0.717, 1.165) is 24.9 Å². The molecule has 4 fully saturated rings. The molecule has 1 saturated heterocycles. The molecule has 2 heterocycles. The molecular formula is C29H27Cl2N3O6S. The molecule has 3 saturated carbocycles. The Morgan fingerprint density at radius 2 is 1.71 bits per heavy atom. The highest BCUT2D eigenvalue weighted by atomic mass is 35.5. The van der Waals surface area contributed by atoms with Crippen molar-refractivity contribution >= 4 is 50.8 Å². The largest absolute Gasteiger partial charge is 0.458 e. The number of sulfonamides is 1. The van der Waals surface area contributed by atoms with Crippen LogP contribution in [0.5, 0.6) is 0 Å². The van der Waals surface area contributed by atoms with Crippen LogP contribution in [0.4, 0.5) is 5.69 Å². The molecule has 12 heteroatoms. The van der Waals surface area contributed by atoms with Crippen molar-refractivity contribution in [3.63, 3.8) is 0 Å². The fourth-order valence-electron chi connectivity index (χ4n) is 6.04. The van der Waals surface area contributed by atoms with Crippen LogP contribution in [0, 0.1) is 5.92 Å². The van der Waals surface area contributed by atoms with Gasteiger partial charge in [-0.05, 0) is 68.5 Å². The minimum Gasteiger partial charge on any atom is -0.458 e. The highest BCUT2D eigenvalue weighted by molar-refractivity contribution is 7.91. The first kappa shape index (κ1) is 26.8. The van der Waals surface area contributed by atoms with Crippen molar-refractivity contribution in [2.75, 3.05) is 11.4 Å². The summed E-state index contributed by atoms with van der Waals surface area (Å²) in [5.41, 5.74) is 2.31. The van der Waals surface area contributed by atoms with Crippen LogP contribution in [0.2, 0.25) is 10.0 Å². The molecule has 0 radical (unpaired) electrons. The van der Waals surface area contributed by atoms with Gasteiger partial charge in [-0.25, -0.2) is 17.9 Å². The van der Waals surface area contributed by atoms with E-state index in [4.69, 9.17) is 32.5 Å². The summed E-state index contributed by atoms with van der Waals surface area (Å²) in [7, 11) is -3.60. The lowest BCUT2D eigenvalue weighted by atomic mass is 10.0. The second kappa shape index (κ2) is 10.0. The Hall–Kier alpha value is -3.08. The van der Waals surface area contributed by atoms with Crippen LogP contribution in [-0.2, 0) is 14.8 Å². The second-order valence-corrected chi connectivity index (χ2v) is 14.1. The maximum absolute atomic E-state index is 13.6. The summed E-state index contributed by atoms with van der Waals surface area (Å²) in [6.07, 6.45) is 4.32. The molecule has 1 aromatic heterocycles. The number of anilines is 1. The van der Waals surface area contributed by atoms with E-state index in [1.165, 1.54) is 0 Å². The molecule has 1 amide bonds. The lowest BCUT2D eigenvalue weighted by Gasteiger charge is -2.33. The number of ether oxygens (including phenoxy) is 1. The van der Waals surface area contributed by atoms with Crippen molar-refractivity contribution in [2.24, 2.45) is 5.92 Å². The van der Waals surface area contributed by atoms with Crippen molar-refractivity contribution in [3.05, 3.63) is 69.4 Å². The average Bonchev–Trinajstić information content (AvgIpc) is 3.86. The fourth-order valence-corrected chi connectivity index (χ4v) is 7.91. The number of nitrogens with one attached hydrogen (secondary N) is 1. The Labute approximate surface area is 247 Å². The fraction of sp³-hybridized carbons (Fsp3) is 0.414. The third-order valence-corrected chi connectivity index (χ3v) is 10.9. The van der Waals surface area contributed by atoms with Gasteiger partial charge in [0.15, 0.2) is 5.76 Å². The Morgan fingerprint density at radius 3 is 2.32 bits per heavy atom. The zero-order valence-electron chi connectivity index (χ0n) is 21.9. The topological polar surface area (TPSA) is 119 Å². The van der Waals surface area contributed by atoms with Crippen molar-refractivity contribution in [3.8, 4) is 11.3 Å². The maximum Gasteiger partial charge on any atom is 0.344 e. The van der Waals surface area contributed by atoms with Crippen LogP contribution >= 0.6 is 23.2 Å². The number of aromatic nitrogens is 1. The Balaban J connectivity index is 1.04. The van der Waals surface area contributed by atoms with Gasteiger partial charge in [-0.3, -0.25) is 4.79 Å². The summed E-state index contributed by atoms with van der Waals surface area (Å²) in [5.74, 6) is -0.281. The number of carbonyl (C=O) groups is 2. The van der Waals surface area contributed by atoms with Gasteiger partial charge in [0.05, 0.1) is 15.3 Å². The van der Waals surface area contributed by atoms with Crippen molar-refractivity contribution in [1.82, 2.24) is 9.88 Å². The molecule has 3 aromatic rings. The molecule has 3 atom stereocenters. The Morgan fingerprint density at radius 1 is 1.00 bits per heavy atom. The first-order valence-electron chi connectivity index (χ1n) is 13.8. The smallest absolute Gasteiger partial charge is 0.344 e. The van der Waals surface area contributed by atoms with E-state index in [1.54, 1.807) is 30.3 Å². The zero-order valence-corrected chi connectivity index (χ0v) is 24.2. The summed E-state index contributed by atoms with van der Waals surface area (Å²) in [6.45, 7) is 0.701. The lowest BCUT2D eigenvalue weighted by molar-refractivity contribution is 0.0191. The van der Waals surface area contributed by atoms with E-state index in [9.17, 15) is 18.0 Å². The number of carbonyl (C=O) groups excluding carboxylic acids is 2. The van der Waals surface area contributed by atoms with Crippen LogP contribution in [0.1, 0.15) is 70.9 Å². The van der Waals surface area contributed by atoms with Gasteiger partial charge in [-0.1, -0.05) is 34.4 Å². The third-order valence-electron chi connectivity index (χ3n) is 8.47. The van der Waals surface area contributed by atoms with E-state index in [-0.39, 0.29) is 24.0 Å². The van der Waals surface area contributed by atoms with E-state index < -0.39 is 27.1 Å². The van der Waals surface area contributed by atoms with Crippen LogP contribution in [0.15, 0.2) is 47.0 Å². The summed E-state index contributed by atoms with van der Waals surface area (Å²) in [4.78, 5) is 28.3. The van der Waals surface area contributed by atoms with E-state index in [1.807, 2.05) is 12.1 Å². The maximum atomic E-state index is 13.6. The molecule has 9 nitrogen and oxygen atoms in total. The number of halogens is 2. The number of nitrogens with zero attached hydrogens (tertiary/aromatic N) is 2. The standard InChI is InChI=1S/C29H27Cl2N3O6S/c30-21-2-1-3-22(31)24(21)26-25(27(40-32-26)15-4-5-15)29(36)39-23-13-19-12-17(23)14-34(19)18-8-6-16(7-9-18)28(35)33-41(37,38)20-10-11-20/h1-3,6-9,15,17,19-20,23H,4-5,10-14H2,(H,33,35). The lowest BCUT2D eigenvalue weighted by Crippen LogP contribution is -2.39. The van der Waals surface area contributed by atoms with Crippen molar-refractivity contribution in [1.29, 1.82) is 0 Å². The van der Waals surface area contributed by atoms with Gasteiger partial charge >= 0.3 is 5.97 Å². The van der Waals surface area contributed by atoms with Crippen LogP contribution in [0.25, 0.3) is 11.3 Å². The Bertz CT molecular complexity index is 1630. The summed E-state index contributed by atoms with van der Waals surface area (Å²) in [6, 6.07) is 12.3. The molecule has 1 N–H and O–H groups in total. The number of esters is 1. The monoisotopic (exact) mass is 615 g/mol. The van der Waals surface area contributed by atoms with Gasteiger partial charge in [-0.2, -0.15) is 0 Å². The molecule has 0 spiro atoms. The van der Waals surface area contributed by atoms with Gasteiger partial charge < -0.3 is 14.2 Å². The number of hydrogen-bond donors (Lipinski definition) is 1. The van der Waals surface area contributed by atoms with E-state index in [2.05, 4.69) is 14.8 Å². The van der Waals surface area contributed by atoms with Gasteiger partial charge in [0.1, 0.15) is 17.4 Å². The molecule has 4 aliphatic rings. The molecule has 2 aromatic carbocycles. The summed E-state index contributed by atoms with van der Waals surface area (Å²) in [5, 5.41) is 4.50. The first-order valence-corrected chi connectivity index (χ1v) is 16.1. The van der Waals surface area contributed by atoms with Crippen molar-refractivity contribution in [2.45, 2.75) is 61.8 Å². The average molecular weight is 617 g/mol. The van der Waals surface area contributed by atoms with Gasteiger partial charge in [0.2, 0.25) is 10.0 Å². The minimum atomic E-state index is -3.60. The Kier molecular flexibility index (Phi) is 6.55. The van der Waals surface area contributed by atoms with Crippen LogP contribution in [-0.4, -0.2) is 49.4 Å². The van der Waals surface area contributed by atoms with E-state index >= 15 is 0 Å². The molecule has 214 valence electrons. The van der Waals surface area contributed by atoms with Gasteiger partial charge in [0, 0.05) is 47.7 Å². The van der Waals surface area contributed by atoms with E-state index in [0.29, 0.717) is 64.0 Å². The molecule has 1 aliphatic heterocycles. The van der Waals surface area contributed by atoms with Gasteiger partial charge in [-0.15, -0.1) is 0 Å². The summed E-state index contributed by atoms with van der Waals surface area (Å²) >= 11 is 12.9. The third kappa shape index (κ3) is 5.00. The van der Waals surface area contributed by atoms with Crippen LogP contribution in [0.3, 0.4) is 0 Å². The highest BCUT2D eigenvalue weighted by Gasteiger charge is 2.48. The van der Waals surface area contributed by atoms with Gasteiger partial charge in [0.25, 0.3) is 5.91 Å². The number of rotatable bonds is 8. The number of fused-ring (bicyclic) bond motifs is 2. The predicted octanol–water partition coefficient (Wildman–Crippen LogP) is 5.57. The normalized spacial score (nSPS) is 23.6. The number of hydrogen-bond acceptors (Lipinski definition) is 8. The minimum absolute atomic E-state index is 0.134. The molecular weight excluding hydrogens is 589 g/mol. The number of amides is 1. The highest BCUT2D eigenvalue weighted by Crippen LogP contribution is 2.47. The van der Waals surface area contributed by atoms with Crippen LogP contribution < -0.4 is 9.62 Å². The number of piperidine rings is 1. The van der Waals surface area contributed by atoms with Crippen molar-refractivity contribution < 1.29 is 27.3 Å². The molecule has 41 heavy (non-hydrogen) atoms. The zero-order chi connectivity index (χ0) is 28.5. The molecule has 7 rings (SSSR count). The first-order chi connectivity index (χ1) is 19.7. The molecule has 3 aliphatic carbocycles. The quantitative estimate of drug-likeness (QED) is 0.327. The molecule has 2 bridgehead atoms.